The van der Waals surface area contributed by atoms with Crippen LogP contribution in [-0.2, 0) is 6.61 Å². The van der Waals surface area contributed by atoms with Crippen molar-refractivity contribution in [3.63, 3.8) is 0 Å². The first-order valence-corrected chi connectivity index (χ1v) is 5.22. The Morgan fingerprint density at radius 3 is 2.76 bits per heavy atom. The van der Waals surface area contributed by atoms with Gasteiger partial charge >= 0.3 is 0 Å². The van der Waals surface area contributed by atoms with Gasteiger partial charge in [-0.2, -0.15) is 0 Å². The van der Waals surface area contributed by atoms with Gasteiger partial charge in [-0.1, -0.05) is 11.6 Å². The number of hydrogen-bond acceptors (Lipinski definition) is 3. The summed E-state index contributed by atoms with van der Waals surface area (Å²) in [6, 6.07) is 7.74. The van der Waals surface area contributed by atoms with Crippen LogP contribution in [0.5, 0.6) is 0 Å². The fraction of sp³-hybridized carbons (Fsp3) is 0.0909. The van der Waals surface area contributed by atoms with Gasteiger partial charge in [0.2, 0.25) is 0 Å². The standard InChI is InChI=1S/C11H9ClN2O3/c12-10-6-8(14(16)17)3-4-11(10)13-5-1-2-9(13)7-15/h1-6,15H,7H2. The van der Waals surface area contributed by atoms with E-state index in [-0.39, 0.29) is 17.3 Å². The number of hydrogen-bond donors (Lipinski definition) is 1. The summed E-state index contributed by atoms with van der Waals surface area (Å²) in [6.07, 6.45) is 1.73. The Balaban J connectivity index is 2.50. The van der Waals surface area contributed by atoms with Gasteiger partial charge in [-0.3, -0.25) is 10.1 Å². The number of non-ortho nitro benzene ring substituents is 1. The third kappa shape index (κ3) is 2.15. The molecule has 0 amide bonds. The Morgan fingerprint density at radius 1 is 1.41 bits per heavy atom. The van der Waals surface area contributed by atoms with E-state index in [4.69, 9.17) is 16.7 Å². The molecular weight excluding hydrogens is 244 g/mol. The summed E-state index contributed by atoms with van der Waals surface area (Å²) in [4.78, 5) is 10.1. The molecule has 0 aliphatic heterocycles. The highest BCUT2D eigenvalue weighted by atomic mass is 35.5. The van der Waals surface area contributed by atoms with E-state index in [9.17, 15) is 10.1 Å². The fourth-order valence-corrected chi connectivity index (χ4v) is 1.85. The predicted molar refractivity (Wildman–Crippen MR) is 63.4 cm³/mol. The molecule has 1 heterocycles. The lowest BCUT2D eigenvalue weighted by atomic mass is 10.2. The van der Waals surface area contributed by atoms with Gasteiger partial charge in [-0.25, -0.2) is 0 Å². The average Bonchev–Trinajstić information content (AvgIpc) is 2.76. The number of rotatable bonds is 3. The van der Waals surface area contributed by atoms with Gasteiger partial charge in [-0.05, 0) is 18.2 Å². The number of nitro groups is 1. The zero-order valence-corrected chi connectivity index (χ0v) is 9.46. The molecule has 88 valence electrons. The second-order valence-corrected chi connectivity index (χ2v) is 3.83. The maximum absolute atomic E-state index is 10.6. The largest absolute Gasteiger partial charge is 0.390 e. The highest BCUT2D eigenvalue weighted by Crippen LogP contribution is 2.26. The van der Waals surface area contributed by atoms with Crippen LogP contribution in [0.3, 0.4) is 0 Å². The summed E-state index contributed by atoms with van der Waals surface area (Å²) >= 11 is 5.99. The molecule has 0 radical (unpaired) electrons. The molecule has 0 unspecified atom stereocenters. The Hall–Kier alpha value is -1.85. The molecule has 0 aliphatic carbocycles. The van der Waals surface area contributed by atoms with Crippen molar-refractivity contribution in [2.75, 3.05) is 0 Å². The summed E-state index contributed by atoms with van der Waals surface area (Å²) in [7, 11) is 0. The van der Waals surface area contributed by atoms with E-state index in [1.165, 1.54) is 12.1 Å². The SMILES string of the molecule is O=[N+]([O-])c1ccc(-n2cccc2CO)c(Cl)c1. The highest BCUT2D eigenvalue weighted by molar-refractivity contribution is 6.32. The first kappa shape index (κ1) is 11.6. The second-order valence-electron chi connectivity index (χ2n) is 3.42. The molecule has 1 aromatic heterocycles. The van der Waals surface area contributed by atoms with Gasteiger partial charge in [0.25, 0.3) is 5.69 Å². The number of nitrogens with zero attached hydrogens (tertiary/aromatic N) is 2. The van der Waals surface area contributed by atoms with Gasteiger partial charge in [0.1, 0.15) is 0 Å². The highest BCUT2D eigenvalue weighted by Gasteiger charge is 2.11. The molecule has 5 nitrogen and oxygen atoms in total. The molecule has 6 heteroatoms. The predicted octanol–water partition coefficient (Wildman–Crippen LogP) is 2.53. The lowest BCUT2D eigenvalue weighted by Crippen LogP contribution is -2.00. The van der Waals surface area contributed by atoms with Gasteiger partial charge in [-0.15, -0.1) is 0 Å². The molecular formula is C11H9ClN2O3. The van der Waals surface area contributed by atoms with Crippen LogP contribution in [-0.4, -0.2) is 14.6 Å². The Bertz CT molecular complexity index is 566. The molecule has 2 aromatic rings. The molecule has 17 heavy (non-hydrogen) atoms. The summed E-state index contributed by atoms with van der Waals surface area (Å²) in [6.45, 7) is -0.125. The van der Waals surface area contributed by atoms with Crippen molar-refractivity contribution in [3.8, 4) is 5.69 Å². The summed E-state index contributed by atoms with van der Waals surface area (Å²) in [5, 5.41) is 20.0. The van der Waals surface area contributed by atoms with Crippen molar-refractivity contribution < 1.29 is 10.0 Å². The maximum Gasteiger partial charge on any atom is 0.271 e. The van der Waals surface area contributed by atoms with Crippen LogP contribution < -0.4 is 0 Å². The van der Waals surface area contributed by atoms with Gasteiger partial charge in [0.15, 0.2) is 0 Å². The van der Waals surface area contributed by atoms with Crippen LogP contribution in [0.15, 0.2) is 36.5 Å². The van der Waals surface area contributed by atoms with E-state index in [2.05, 4.69) is 0 Å². The van der Waals surface area contributed by atoms with Crippen LogP contribution in [0.2, 0.25) is 5.02 Å². The normalized spacial score (nSPS) is 10.5. The summed E-state index contributed by atoms with van der Waals surface area (Å²) in [5.74, 6) is 0. The van der Waals surface area contributed by atoms with Crippen molar-refractivity contribution in [2.45, 2.75) is 6.61 Å². The van der Waals surface area contributed by atoms with Crippen molar-refractivity contribution >= 4 is 17.3 Å². The molecule has 0 saturated carbocycles. The van der Waals surface area contributed by atoms with Crippen molar-refractivity contribution in [1.29, 1.82) is 0 Å². The first-order valence-electron chi connectivity index (χ1n) is 4.85. The quantitative estimate of drug-likeness (QED) is 0.674. The Morgan fingerprint density at radius 2 is 2.18 bits per heavy atom. The van der Waals surface area contributed by atoms with Gasteiger partial charge in [0, 0.05) is 24.0 Å². The van der Waals surface area contributed by atoms with Crippen molar-refractivity contribution in [1.82, 2.24) is 4.57 Å². The molecule has 0 spiro atoms. The number of halogens is 1. The monoisotopic (exact) mass is 252 g/mol. The number of aromatic nitrogens is 1. The van der Waals surface area contributed by atoms with Crippen LogP contribution in [0.4, 0.5) is 5.69 Å². The molecule has 2 rings (SSSR count). The Kier molecular flexibility index (Phi) is 3.12. The molecule has 0 aliphatic rings. The number of nitro benzene ring substituents is 1. The number of aliphatic hydroxyl groups excluding tert-OH is 1. The van der Waals surface area contributed by atoms with E-state index in [0.29, 0.717) is 11.4 Å². The van der Waals surface area contributed by atoms with Crippen LogP contribution in [0.25, 0.3) is 5.69 Å². The van der Waals surface area contributed by atoms with Crippen LogP contribution in [0.1, 0.15) is 5.69 Å². The topological polar surface area (TPSA) is 68.3 Å². The van der Waals surface area contributed by atoms with Crippen LogP contribution >= 0.6 is 11.6 Å². The molecule has 1 N–H and O–H groups in total. The maximum atomic E-state index is 10.6. The molecule has 1 aromatic carbocycles. The van der Waals surface area contributed by atoms with E-state index >= 15 is 0 Å². The minimum atomic E-state index is -0.502. The molecule has 0 saturated heterocycles. The Labute approximate surface area is 102 Å². The second kappa shape index (κ2) is 4.57. The minimum Gasteiger partial charge on any atom is -0.390 e. The smallest absolute Gasteiger partial charge is 0.271 e. The van der Waals surface area contributed by atoms with E-state index in [1.807, 2.05) is 0 Å². The fourth-order valence-electron chi connectivity index (χ4n) is 1.58. The van der Waals surface area contributed by atoms with Gasteiger partial charge < -0.3 is 9.67 Å². The zero-order chi connectivity index (χ0) is 12.4. The lowest BCUT2D eigenvalue weighted by Gasteiger charge is -2.09. The zero-order valence-electron chi connectivity index (χ0n) is 8.71. The third-order valence-corrected chi connectivity index (χ3v) is 2.70. The van der Waals surface area contributed by atoms with Crippen LogP contribution in [0, 0.1) is 10.1 Å². The number of aliphatic hydroxyl groups is 1. The van der Waals surface area contributed by atoms with E-state index in [0.717, 1.165) is 0 Å². The first-order chi connectivity index (χ1) is 8.13. The molecule has 0 atom stereocenters. The minimum absolute atomic E-state index is 0.0588. The van der Waals surface area contributed by atoms with E-state index in [1.54, 1.807) is 29.0 Å². The van der Waals surface area contributed by atoms with Crippen molar-refractivity contribution in [3.05, 3.63) is 57.4 Å². The van der Waals surface area contributed by atoms with Gasteiger partial charge in [0.05, 0.1) is 22.2 Å². The number of benzene rings is 1. The van der Waals surface area contributed by atoms with Crippen molar-refractivity contribution in [2.24, 2.45) is 0 Å². The third-order valence-electron chi connectivity index (χ3n) is 2.40. The summed E-state index contributed by atoms with van der Waals surface area (Å²) in [5.41, 5.74) is 1.21. The van der Waals surface area contributed by atoms with E-state index < -0.39 is 4.92 Å². The molecule has 0 bridgehead atoms. The lowest BCUT2D eigenvalue weighted by molar-refractivity contribution is -0.384. The average molecular weight is 253 g/mol. The molecule has 0 fully saturated rings. The summed E-state index contributed by atoms with van der Waals surface area (Å²) < 4.78 is 1.69.